The van der Waals surface area contributed by atoms with Crippen molar-refractivity contribution in [1.82, 2.24) is 29.4 Å². The van der Waals surface area contributed by atoms with Crippen LogP contribution in [0, 0.1) is 5.82 Å². The Kier molecular flexibility index (Phi) is 5.40. The first-order valence-corrected chi connectivity index (χ1v) is 11.3. The lowest BCUT2D eigenvalue weighted by molar-refractivity contribution is 0.0703. The smallest absolute Gasteiger partial charge is 0.337 e. The molecular formula is C23H27FN6O2. The molecule has 0 bridgehead atoms. The van der Waals surface area contributed by atoms with E-state index in [1.54, 1.807) is 25.2 Å². The molecule has 1 saturated heterocycles. The highest BCUT2D eigenvalue weighted by Crippen LogP contribution is 2.33. The van der Waals surface area contributed by atoms with Crippen molar-refractivity contribution < 1.29 is 9.18 Å². The van der Waals surface area contributed by atoms with E-state index in [1.165, 1.54) is 16.8 Å². The number of hydrogen-bond donors (Lipinski definition) is 1. The van der Waals surface area contributed by atoms with Crippen molar-refractivity contribution in [2.24, 2.45) is 7.05 Å². The average Bonchev–Trinajstić information content (AvgIpc) is 3.56. The van der Waals surface area contributed by atoms with Gasteiger partial charge in [0.1, 0.15) is 17.3 Å². The van der Waals surface area contributed by atoms with E-state index in [-0.39, 0.29) is 29.4 Å². The summed E-state index contributed by atoms with van der Waals surface area (Å²) < 4.78 is 16.5. The monoisotopic (exact) mass is 438 g/mol. The molecule has 1 aromatic carbocycles. The molecule has 1 aliphatic heterocycles. The van der Waals surface area contributed by atoms with Gasteiger partial charge >= 0.3 is 5.69 Å². The molecule has 0 radical (unpaired) electrons. The number of nitrogens with one attached hydrogen (secondary N) is 1. The number of benzene rings is 1. The number of piperidine rings is 1. The number of nitrogens with zero attached hydrogens (tertiary/aromatic N) is 5. The SMILES string of the molecule is Cn1nc(C2CCN(C(=O)c3cc(-c4ccc(F)cc4)n[nH]3)CC2)n(C2CCCC2)c1=O. The van der Waals surface area contributed by atoms with Crippen LogP contribution in [-0.4, -0.2) is 48.4 Å². The Hall–Kier alpha value is -3.23. The molecule has 1 amide bonds. The van der Waals surface area contributed by atoms with Crippen LogP contribution in [0.1, 0.15) is 66.8 Å². The second-order valence-corrected chi connectivity index (χ2v) is 8.81. The van der Waals surface area contributed by atoms with Crippen molar-refractivity contribution in [2.75, 3.05) is 13.1 Å². The number of H-pyrrole nitrogens is 1. The third-order valence-corrected chi connectivity index (χ3v) is 6.77. The number of hydrogen-bond acceptors (Lipinski definition) is 4. The lowest BCUT2D eigenvalue weighted by Crippen LogP contribution is -2.39. The Bertz CT molecular complexity index is 1160. The van der Waals surface area contributed by atoms with Crippen LogP contribution in [-0.2, 0) is 7.05 Å². The molecule has 168 valence electrons. The zero-order valence-corrected chi connectivity index (χ0v) is 18.1. The van der Waals surface area contributed by atoms with E-state index in [1.807, 2.05) is 9.47 Å². The summed E-state index contributed by atoms with van der Waals surface area (Å²) in [5.41, 5.74) is 1.75. The number of rotatable bonds is 4. The molecule has 5 rings (SSSR count). The summed E-state index contributed by atoms with van der Waals surface area (Å²) >= 11 is 0. The minimum atomic E-state index is -0.310. The van der Waals surface area contributed by atoms with Gasteiger partial charge in [-0.05, 0) is 56.0 Å². The molecule has 0 atom stereocenters. The molecule has 3 heterocycles. The van der Waals surface area contributed by atoms with Crippen molar-refractivity contribution in [3.05, 3.63) is 58.2 Å². The molecule has 2 aliphatic rings. The van der Waals surface area contributed by atoms with Gasteiger partial charge in [0.2, 0.25) is 0 Å². The fourth-order valence-corrected chi connectivity index (χ4v) is 4.99. The van der Waals surface area contributed by atoms with Crippen LogP contribution in [0.5, 0.6) is 0 Å². The van der Waals surface area contributed by atoms with Crippen LogP contribution in [0.15, 0.2) is 35.1 Å². The van der Waals surface area contributed by atoms with Crippen molar-refractivity contribution in [3.63, 3.8) is 0 Å². The highest BCUT2D eigenvalue weighted by atomic mass is 19.1. The van der Waals surface area contributed by atoms with Crippen molar-refractivity contribution >= 4 is 5.91 Å². The van der Waals surface area contributed by atoms with E-state index < -0.39 is 0 Å². The maximum Gasteiger partial charge on any atom is 0.345 e. The van der Waals surface area contributed by atoms with E-state index in [0.29, 0.717) is 24.5 Å². The Labute approximate surface area is 185 Å². The summed E-state index contributed by atoms with van der Waals surface area (Å²) in [6, 6.07) is 7.99. The van der Waals surface area contributed by atoms with Crippen molar-refractivity contribution in [3.8, 4) is 11.3 Å². The molecule has 1 saturated carbocycles. The summed E-state index contributed by atoms with van der Waals surface area (Å²) in [6.45, 7) is 1.20. The number of likely N-dealkylation sites (tertiary alicyclic amines) is 1. The Morgan fingerprint density at radius 3 is 2.47 bits per heavy atom. The zero-order chi connectivity index (χ0) is 22.2. The van der Waals surface area contributed by atoms with Gasteiger partial charge in [-0.3, -0.25) is 14.5 Å². The number of carbonyl (C=O) groups is 1. The van der Waals surface area contributed by atoms with Crippen LogP contribution >= 0.6 is 0 Å². The largest absolute Gasteiger partial charge is 0.345 e. The molecule has 2 aromatic heterocycles. The molecule has 32 heavy (non-hydrogen) atoms. The summed E-state index contributed by atoms with van der Waals surface area (Å²) in [5, 5.41) is 11.6. The van der Waals surface area contributed by atoms with Crippen LogP contribution in [0.3, 0.4) is 0 Å². The van der Waals surface area contributed by atoms with Gasteiger partial charge in [-0.2, -0.15) is 10.2 Å². The van der Waals surface area contributed by atoms with Crippen LogP contribution in [0.25, 0.3) is 11.3 Å². The Morgan fingerprint density at radius 2 is 1.78 bits per heavy atom. The van der Waals surface area contributed by atoms with E-state index in [9.17, 15) is 14.0 Å². The van der Waals surface area contributed by atoms with Gasteiger partial charge in [0, 0.05) is 37.7 Å². The highest BCUT2D eigenvalue weighted by Gasteiger charge is 2.32. The molecule has 0 spiro atoms. The lowest BCUT2D eigenvalue weighted by Gasteiger charge is -2.31. The average molecular weight is 439 g/mol. The maximum absolute atomic E-state index is 13.2. The standard InChI is InChI=1S/C23H27FN6O2/c1-28-23(32)30(18-4-2-3-5-18)21(27-28)16-10-12-29(13-11-16)22(31)20-14-19(25-26-20)15-6-8-17(24)9-7-15/h6-9,14,16,18H,2-5,10-13H2,1H3,(H,25,26). The van der Waals surface area contributed by atoms with Gasteiger partial charge in [0.25, 0.3) is 5.91 Å². The molecule has 2 fully saturated rings. The molecule has 1 aliphatic carbocycles. The van der Waals surface area contributed by atoms with E-state index in [0.717, 1.165) is 49.9 Å². The van der Waals surface area contributed by atoms with Crippen LogP contribution in [0.4, 0.5) is 4.39 Å². The van der Waals surface area contributed by atoms with Crippen molar-refractivity contribution in [1.29, 1.82) is 0 Å². The fourth-order valence-electron chi connectivity index (χ4n) is 4.99. The summed E-state index contributed by atoms with van der Waals surface area (Å²) in [7, 11) is 1.72. The normalized spacial score (nSPS) is 17.9. The number of carbonyl (C=O) groups excluding carboxylic acids is 1. The zero-order valence-electron chi connectivity index (χ0n) is 18.1. The number of halogens is 1. The molecule has 9 heteroatoms. The van der Waals surface area contributed by atoms with E-state index >= 15 is 0 Å². The van der Waals surface area contributed by atoms with Gasteiger partial charge in [0.05, 0.1) is 5.69 Å². The lowest BCUT2D eigenvalue weighted by atomic mass is 9.95. The topological polar surface area (TPSA) is 88.8 Å². The molecule has 1 N–H and O–H groups in total. The fraction of sp³-hybridized carbons (Fsp3) is 0.478. The molecular weight excluding hydrogens is 411 g/mol. The molecule has 3 aromatic rings. The molecule has 8 nitrogen and oxygen atoms in total. The number of aromatic nitrogens is 5. The first kappa shape index (κ1) is 20.7. The third-order valence-electron chi connectivity index (χ3n) is 6.77. The van der Waals surface area contributed by atoms with Crippen LogP contribution < -0.4 is 5.69 Å². The minimum absolute atomic E-state index is 0.0313. The van der Waals surface area contributed by atoms with E-state index in [4.69, 9.17) is 0 Å². The second kappa shape index (κ2) is 8.37. The Balaban J connectivity index is 1.27. The third kappa shape index (κ3) is 3.76. The predicted molar refractivity (Wildman–Crippen MR) is 117 cm³/mol. The van der Waals surface area contributed by atoms with Crippen LogP contribution in [0.2, 0.25) is 0 Å². The first-order valence-electron chi connectivity index (χ1n) is 11.3. The van der Waals surface area contributed by atoms with Gasteiger partial charge < -0.3 is 4.90 Å². The summed E-state index contributed by atoms with van der Waals surface area (Å²) in [4.78, 5) is 27.5. The quantitative estimate of drug-likeness (QED) is 0.677. The maximum atomic E-state index is 13.2. The highest BCUT2D eigenvalue weighted by molar-refractivity contribution is 5.93. The van der Waals surface area contributed by atoms with Gasteiger partial charge in [-0.15, -0.1) is 0 Å². The Morgan fingerprint density at radius 1 is 1.09 bits per heavy atom. The number of aromatic amines is 1. The second-order valence-electron chi connectivity index (χ2n) is 8.81. The number of amides is 1. The first-order chi connectivity index (χ1) is 15.5. The van der Waals surface area contributed by atoms with Gasteiger partial charge in [0.15, 0.2) is 0 Å². The summed E-state index contributed by atoms with van der Waals surface area (Å²) in [5.74, 6) is 0.634. The number of aryl methyl sites for hydroxylation is 1. The summed E-state index contributed by atoms with van der Waals surface area (Å²) in [6.07, 6.45) is 5.92. The minimum Gasteiger partial charge on any atom is -0.337 e. The van der Waals surface area contributed by atoms with Gasteiger partial charge in [-0.25, -0.2) is 13.9 Å². The van der Waals surface area contributed by atoms with E-state index in [2.05, 4.69) is 15.3 Å². The predicted octanol–water partition coefficient (Wildman–Crippen LogP) is 3.25. The van der Waals surface area contributed by atoms with Gasteiger partial charge in [-0.1, -0.05) is 12.8 Å². The molecule has 0 unspecified atom stereocenters. The van der Waals surface area contributed by atoms with Crippen molar-refractivity contribution in [2.45, 2.75) is 50.5 Å².